The van der Waals surface area contributed by atoms with Gasteiger partial charge < -0.3 is 23.9 Å². The smallest absolute Gasteiger partial charge is 0.343 e. The molecule has 0 unspecified atom stereocenters. The maximum Gasteiger partial charge on any atom is 0.343 e. The second-order valence-corrected chi connectivity index (χ2v) is 10.7. The maximum absolute atomic E-state index is 13.5. The van der Waals surface area contributed by atoms with E-state index in [0.717, 1.165) is 15.4 Å². The Balaban J connectivity index is 1.27. The van der Waals surface area contributed by atoms with Crippen molar-refractivity contribution < 1.29 is 28.5 Å². The first kappa shape index (κ1) is 28.3. The van der Waals surface area contributed by atoms with Gasteiger partial charge in [0.25, 0.3) is 5.91 Å². The van der Waals surface area contributed by atoms with Crippen LogP contribution in [0.2, 0.25) is 5.02 Å². The number of aromatic amines is 1. The van der Waals surface area contributed by atoms with Crippen LogP contribution in [-0.4, -0.2) is 36.5 Å². The van der Waals surface area contributed by atoms with Crippen molar-refractivity contribution >= 4 is 56.5 Å². The van der Waals surface area contributed by atoms with E-state index in [2.05, 4.69) is 31.4 Å². The van der Waals surface area contributed by atoms with Crippen LogP contribution in [0.4, 0.5) is 0 Å². The monoisotopic (exact) mass is 659 g/mol. The van der Waals surface area contributed by atoms with Crippen molar-refractivity contribution in [1.29, 1.82) is 0 Å². The topological polar surface area (TPSA) is 111 Å². The number of ether oxygens (including phenoxy) is 4. The second-order valence-electron chi connectivity index (χ2n) is 9.33. The van der Waals surface area contributed by atoms with Crippen molar-refractivity contribution in [3.05, 3.63) is 105 Å². The van der Waals surface area contributed by atoms with Crippen LogP contribution >= 0.6 is 27.5 Å². The van der Waals surface area contributed by atoms with E-state index < -0.39 is 11.9 Å². The van der Waals surface area contributed by atoms with Crippen molar-refractivity contribution in [2.24, 2.45) is 5.10 Å². The van der Waals surface area contributed by atoms with E-state index >= 15 is 0 Å². The third-order valence-corrected chi connectivity index (χ3v) is 7.43. The highest BCUT2D eigenvalue weighted by Gasteiger charge is 2.22. The lowest BCUT2D eigenvalue weighted by atomic mass is 10.0. The van der Waals surface area contributed by atoms with Crippen LogP contribution in [-0.2, 0) is 0 Å². The molecule has 1 aliphatic rings. The van der Waals surface area contributed by atoms with Gasteiger partial charge in [0, 0.05) is 37.1 Å². The molecule has 11 heteroatoms. The number of amides is 1. The van der Waals surface area contributed by atoms with E-state index in [1.807, 2.05) is 43.3 Å². The van der Waals surface area contributed by atoms with Gasteiger partial charge >= 0.3 is 5.97 Å². The average molecular weight is 661 g/mol. The summed E-state index contributed by atoms with van der Waals surface area (Å²) in [6.07, 6.45) is 1.40. The zero-order chi connectivity index (χ0) is 29.9. The van der Waals surface area contributed by atoms with E-state index in [0.29, 0.717) is 51.1 Å². The lowest BCUT2D eigenvalue weighted by Crippen LogP contribution is -2.19. The van der Waals surface area contributed by atoms with Gasteiger partial charge in [-0.15, -0.1) is 0 Å². The molecule has 216 valence electrons. The van der Waals surface area contributed by atoms with Crippen LogP contribution in [0.5, 0.6) is 23.0 Å². The number of esters is 1. The molecule has 1 aromatic heterocycles. The van der Waals surface area contributed by atoms with E-state index in [1.54, 1.807) is 42.5 Å². The maximum atomic E-state index is 13.5. The minimum atomic E-state index is -0.590. The Kier molecular flexibility index (Phi) is 8.04. The highest BCUT2D eigenvalue weighted by molar-refractivity contribution is 9.10. The summed E-state index contributed by atoms with van der Waals surface area (Å²) in [5, 5.41) is 5.44. The number of H-pyrrole nitrogens is 1. The first-order chi connectivity index (χ1) is 20.9. The van der Waals surface area contributed by atoms with Crippen LogP contribution in [0, 0.1) is 0 Å². The predicted octanol–water partition coefficient (Wildman–Crippen LogP) is 7.36. The Morgan fingerprint density at radius 3 is 2.72 bits per heavy atom. The van der Waals surface area contributed by atoms with Gasteiger partial charge in [-0.25, -0.2) is 10.2 Å². The Bertz CT molecular complexity index is 1900. The summed E-state index contributed by atoms with van der Waals surface area (Å²) >= 11 is 9.99. The number of nitrogens with one attached hydrogen (secondary N) is 2. The lowest BCUT2D eigenvalue weighted by Gasteiger charge is -2.09. The van der Waals surface area contributed by atoms with Gasteiger partial charge in [0.2, 0.25) is 6.79 Å². The summed E-state index contributed by atoms with van der Waals surface area (Å²) < 4.78 is 22.7. The Hall–Kier alpha value is -4.80. The summed E-state index contributed by atoms with van der Waals surface area (Å²) in [6, 6.07) is 22.7. The van der Waals surface area contributed by atoms with Crippen LogP contribution in [0.1, 0.15) is 33.3 Å². The summed E-state index contributed by atoms with van der Waals surface area (Å²) in [5.41, 5.74) is 5.63. The van der Waals surface area contributed by atoms with Gasteiger partial charge in [-0.3, -0.25) is 4.79 Å². The Morgan fingerprint density at radius 1 is 1.05 bits per heavy atom. The molecule has 43 heavy (non-hydrogen) atoms. The SMILES string of the molecule is CCOc1ccc2[nH]c(C(=O)NN=Cc3cc(Br)ccc3OC(=O)c3ccc4c(c3)OCO4)c(-c3ccccc3Cl)c2c1. The van der Waals surface area contributed by atoms with Gasteiger partial charge in [0.05, 0.1) is 18.4 Å². The number of benzene rings is 4. The first-order valence-corrected chi connectivity index (χ1v) is 14.4. The van der Waals surface area contributed by atoms with Crippen molar-refractivity contribution in [3.8, 4) is 34.1 Å². The van der Waals surface area contributed by atoms with E-state index in [4.69, 9.17) is 30.5 Å². The summed E-state index contributed by atoms with van der Waals surface area (Å²) in [6.45, 7) is 2.50. The van der Waals surface area contributed by atoms with E-state index in [9.17, 15) is 9.59 Å². The van der Waals surface area contributed by atoms with Gasteiger partial charge in [0.1, 0.15) is 17.2 Å². The number of aromatic nitrogens is 1. The lowest BCUT2D eigenvalue weighted by molar-refractivity contribution is 0.0733. The molecule has 0 bridgehead atoms. The number of fused-ring (bicyclic) bond motifs is 2. The molecule has 0 fully saturated rings. The summed E-state index contributed by atoms with van der Waals surface area (Å²) in [4.78, 5) is 29.6. The number of rotatable bonds is 8. The highest BCUT2D eigenvalue weighted by atomic mass is 79.9. The third kappa shape index (κ3) is 5.93. The molecule has 6 rings (SSSR count). The third-order valence-electron chi connectivity index (χ3n) is 6.60. The molecular formula is C32H23BrClN3O6. The first-order valence-electron chi connectivity index (χ1n) is 13.2. The zero-order valence-electron chi connectivity index (χ0n) is 22.6. The van der Waals surface area contributed by atoms with Crippen molar-refractivity contribution in [2.75, 3.05) is 13.4 Å². The van der Waals surface area contributed by atoms with Crippen LogP contribution in [0.25, 0.3) is 22.0 Å². The molecule has 1 aliphatic heterocycles. The molecule has 1 amide bonds. The fourth-order valence-electron chi connectivity index (χ4n) is 4.65. The van der Waals surface area contributed by atoms with Gasteiger partial charge in [-0.05, 0) is 67.6 Å². The summed E-state index contributed by atoms with van der Waals surface area (Å²) in [5.74, 6) is 0.866. The second kappa shape index (κ2) is 12.2. The number of hydrogen-bond donors (Lipinski definition) is 2. The number of hydrazone groups is 1. The molecule has 0 radical (unpaired) electrons. The Morgan fingerprint density at radius 2 is 1.88 bits per heavy atom. The largest absolute Gasteiger partial charge is 0.494 e. The predicted molar refractivity (Wildman–Crippen MR) is 167 cm³/mol. The molecule has 0 aliphatic carbocycles. The zero-order valence-corrected chi connectivity index (χ0v) is 25.0. The molecule has 0 saturated heterocycles. The molecule has 0 atom stereocenters. The molecule has 0 spiro atoms. The normalized spacial score (nSPS) is 12.1. The van der Waals surface area contributed by atoms with E-state index in [1.165, 1.54) is 6.21 Å². The minimum absolute atomic E-state index is 0.0968. The number of hydrogen-bond acceptors (Lipinski definition) is 7. The van der Waals surface area contributed by atoms with Crippen molar-refractivity contribution in [3.63, 3.8) is 0 Å². The van der Waals surface area contributed by atoms with Gasteiger partial charge in [-0.2, -0.15) is 5.10 Å². The average Bonchev–Trinajstić information content (AvgIpc) is 3.63. The molecule has 5 aromatic rings. The molecule has 4 aromatic carbocycles. The summed E-state index contributed by atoms with van der Waals surface area (Å²) in [7, 11) is 0. The van der Waals surface area contributed by atoms with Crippen molar-refractivity contribution in [1.82, 2.24) is 10.4 Å². The Labute approximate surface area is 259 Å². The molecule has 2 heterocycles. The standard InChI is InChI=1S/C32H23BrClN3O6/c1-2-40-21-9-10-25-23(15-21)29(22-5-3-4-6-24(22)34)30(36-25)31(38)37-35-16-19-13-20(33)8-12-26(19)43-32(39)18-7-11-27-28(14-18)42-17-41-27/h3-16,36H,2,17H2,1H3,(H,37,38). The molecule has 9 nitrogen and oxygen atoms in total. The highest BCUT2D eigenvalue weighted by Crippen LogP contribution is 2.38. The molecular weight excluding hydrogens is 638 g/mol. The minimum Gasteiger partial charge on any atom is -0.494 e. The van der Waals surface area contributed by atoms with E-state index in [-0.39, 0.29) is 18.2 Å². The van der Waals surface area contributed by atoms with Crippen LogP contribution in [0.15, 0.2) is 88.4 Å². The molecule has 2 N–H and O–H groups in total. The number of nitrogens with zero attached hydrogens (tertiary/aromatic N) is 1. The van der Waals surface area contributed by atoms with Gasteiger partial charge in [0.15, 0.2) is 11.5 Å². The number of halogens is 2. The van der Waals surface area contributed by atoms with Crippen molar-refractivity contribution in [2.45, 2.75) is 6.92 Å². The molecule has 0 saturated carbocycles. The number of carbonyl (C=O) groups excluding carboxylic acids is 2. The number of carbonyl (C=O) groups is 2. The quantitative estimate of drug-likeness (QED) is 0.0779. The fourth-order valence-corrected chi connectivity index (χ4v) is 5.26. The van der Waals surface area contributed by atoms with Crippen LogP contribution < -0.4 is 24.4 Å². The fraction of sp³-hybridized carbons (Fsp3) is 0.0938. The van der Waals surface area contributed by atoms with Crippen LogP contribution in [0.3, 0.4) is 0 Å². The van der Waals surface area contributed by atoms with Gasteiger partial charge in [-0.1, -0.05) is 45.7 Å².